The average molecular weight is 424 g/mol. The van der Waals surface area contributed by atoms with E-state index in [-0.39, 0.29) is 18.3 Å². The number of ether oxygens (including phenoxy) is 3. The lowest BCUT2D eigenvalue weighted by Crippen LogP contribution is -2.20. The lowest BCUT2D eigenvalue weighted by atomic mass is 10.2. The van der Waals surface area contributed by atoms with E-state index in [1.54, 1.807) is 13.2 Å². The van der Waals surface area contributed by atoms with Crippen molar-refractivity contribution >= 4 is 17.3 Å². The van der Waals surface area contributed by atoms with Gasteiger partial charge in [0.2, 0.25) is 0 Å². The second-order valence-corrected chi connectivity index (χ2v) is 6.64. The molecule has 0 aliphatic carbocycles. The van der Waals surface area contributed by atoms with E-state index in [9.17, 15) is 9.18 Å². The predicted octanol–water partition coefficient (Wildman–Crippen LogP) is 4.86. The van der Waals surface area contributed by atoms with Crippen LogP contribution in [-0.4, -0.2) is 26.2 Å². The van der Waals surface area contributed by atoms with Gasteiger partial charge in [0.15, 0.2) is 18.1 Å². The predicted molar refractivity (Wildman–Crippen MR) is 118 cm³/mol. The monoisotopic (exact) mass is 424 g/mol. The van der Waals surface area contributed by atoms with Crippen LogP contribution >= 0.6 is 0 Å². The molecule has 1 amide bonds. The molecule has 0 bridgehead atoms. The molecule has 3 rings (SSSR count). The summed E-state index contributed by atoms with van der Waals surface area (Å²) in [5.74, 6) is 1.10. The number of benzene rings is 3. The molecule has 0 radical (unpaired) electrons. The quantitative estimate of drug-likeness (QED) is 0.486. The van der Waals surface area contributed by atoms with Crippen molar-refractivity contribution in [3.8, 4) is 17.2 Å². The molecule has 0 spiro atoms. The minimum atomic E-state index is -0.365. The number of anilines is 2. The highest BCUT2D eigenvalue weighted by atomic mass is 19.1. The number of nitrogens with one attached hydrogen (secondary N) is 2. The zero-order valence-corrected chi connectivity index (χ0v) is 17.5. The van der Waals surface area contributed by atoms with Crippen LogP contribution in [-0.2, 0) is 11.3 Å². The second kappa shape index (κ2) is 10.9. The van der Waals surface area contributed by atoms with Crippen molar-refractivity contribution in [1.29, 1.82) is 0 Å². The Morgan fingerprint density at radius 2 is 1.61 bits per heavy atom. The van der Waals surface area contributed by atoms with Gasteiger partial charge in [-0.2, -0.15) is 0 Å². The number of methoxy groups -OCH3 is 1. The summed E-state index contributed by atoms with van der Waals surface area (Å²) < 4.78 is 29.4. The molecule has 0 aromatic heterocycles. The number of halogens is 1. The molecule has 3 aromatic carbocycles. The van der Waals surface area contributed by atoms with Crippen LogP contribution in [0.25, 0.3) is 0 Å². The first-order valence-electron chi connectivity index (χ1n) is 9.89. The van der Waals surface area contributed by atoms with Crippen LogP contribution < -0.4 is 24.8 Å². The van der Waals surface area contributed by atoms with Gasteiger partial charge in [-0.1, -0.05) is 6.07 Å². The van der Waals surface area contributed by atoms with Crippen LogP contribution in [0.3, 0.4) is 0 Å². The van der Waals surface area contributed by atoms with Gasteiger partial charge >= 0.3 is 0 Å². The number of amides is 1. The molecule has 31 heavy (non-hydrogen) atoms. The number of hydrogen-bond donors (Lipinski definition) is 2. The molecular weight excluding hydrogens is 399 g/mol. The summed E-state index contributed by atoms with van der Waals surface area (Å²) in [4.78, 5) is 12.1. The molecule has 2 N–H and O–H groups in total. The molecule has 0 aliphatic heterocycles. The average Bonchev–Trinajstić information content (AvgIpc) is 2.79. The summed E-state index contributed by atoms with van der Waals surface area (Å²) in [6, 6.07) is 18.8. The van der Waals surface area contributed by atoms with Gasteiger partial charge in [-0.05, 0) is 73.2 Å². The van der Waals surface area contributed by atoms with Crippen molar-refractivity contribution in [2.24, 2.45) is 0 Å². The van der Waals surface area contributed by atoms with Crippen molar-refractivity contribution in [2.75, 3.05) is 31.0 Å². The SMILES string of the molecule is CCOc1ccc(NCc2ccc(OCC(=O)Nc3ccc(F)cc3)c(OC)c2)cc1. The molecular formula is C24H25FN2O4. The highest BCUT2D eigenvalue weighted by Crippen LogP contribution is 2.28. The van der Waals surface area contributed by atoms with Gasteiger partial charge < -0.3 is 24.8 Å². The van der Waals surface area contributed by atoms with Gasteiger partial charge in [-0.25, -0.2) is 4.39 Å². The topological polar surface area (TPSA) is 68.8 Å². The van der Waals surface area contributed by atoms with Crippen LogP contribution in [0.4, 0.5) is 15.8 Å². The first-order chi connectivity index (χ1) is 15.1. The minimum absolute atomic E-state index is 0.197. The van der Waals surface area contributed by atoms with E-state index in [1.807, 2.05) is 43.3 Å². The van der Waals surface area contributed by atoms with Crippen molar-refractivity contribution in [2.45, 2.75) is 13.5 Å². The van der Waals surface area contributed by atoms with Gasteiger partial charge in [-0.3, -0.25) is 4.79 Å². The van der Waals surface area contributed by atoms with E-state index in [4.69, 9.17) is 14.2 Å². The Labute approximate surface area is 181 Å². The lowest BCUT2D eigenvalue weighted by Gasteiger charge is -2.13. The van der Waals surface area contributed by atoms with E-state index in [1.165, 1.54) is 24.3 Å². The van der Waals surface area contributed by atoms with Gasteiger partial charge in [0.1, 0.15) is 11.6 Å². The van der Waals surface area contributed by atoms with Crippen molar-refractivity contribution in [1.82, 2.24) is 0 Å². The molecule has 0 heterocycles. The first kappa shape index (κ1) is 22.0. The number of carbonyl (C=O) groups excluding carboxylic acids is 1. The highest BCUT2D eigenvalue weighted by molar-refractivity contribution is 5.91. The summed E-state index contributed by atoms with van der Waals surface area (Å²) in [6.45, 7) is 2.98. The normalized spacial score (nSPS) is 10.3. The lowest BCUT2D eigenvalue weighted by molar-refractivity contribution is -0.118. The Morgan fingerprint density at radius 3 is 2.29 bits per heavy atom. The Bertz CT molecular complexity index is 991. The van der Waals surface area contributed by atoms with Crippen molar-refractivity contribution < 1.29 is 23.4 Å². The molecule has 0 saturated heterocycles. The molecule has 0 unspecified atom stereocenters. The fourth-order valence-electron chi connectivity index (χ4n) is 2.85. The molecule has 0 aliphatic rings. The molecule has 6 nitrogen and oxygen atoms in total. The molecule has 0 saturated carbocycles. The molecule has 7 heteroatoms. The van der Waals surface area contributed by atoms with Gasteiger partial charge in [-0.15, -0.1) is 0 Å². The van der Waals surface area contributed by atoms with Gasteiger partial charge in [0.25, 0.3) is 5.91 Å². The van der Waals surface area contributed by atoms with Crippen LogP contribution in [0.2, 0.25) is 0 Å². The Hall–Kier alpha value is -3.74. The maximum absolute atomic E-state index is 12.9. The highest BCUT2D eigenvalue weighted by Gasteiger charge is 2.09. The second-order valence-electron chi connectivity index (χ2n) is 6.64. The summed E-state index contributed by atoms with van der Waals surface area (Å²) >= 11 is 0. The third-order valence-electron chi connectivity index (χ3n) is 4.38. The first-order valence-corrected chi connectivity index (χ1v) is 9.89. The Morgan fingerprint density at radius 1 is 0.903 bits per heavy atom. The van der Waals surface area contributed by atoms with Gasteiger partial charge in [0, 0.05) is 17.9 Å². The third-order valence-corrected chi connectivity index (χ3v) is 4.38. The summed E-state index contributed by atoms with van der Waals surface area (Å²) in [7, 11) is 1.55. The Kier molecular flexibility index (Phi) is 7.70. The van der Waals surface area contributed by atoms with E-state index in [0.717, 1.165) is 17.0 Å². The standard InChI is InChI=1S/C24H25FN2O4/c1-3-30-21-11-9-19(10-12-21)26-15-17-4-13-22(23(14-17)29-2)31-16-24(28)27-20-7-5-18(25)6-8-20/h4-14,26H,3,15-16H2,1-2H3,(H,27,28). The molecule has 3 aromatic rings. The summed E-state index contributed by atoms with van der Waals surface area (Å²) in [5, 5.41) is 5.99. The largest absolute Gasteiger partial charge is 0.494 e. The van der Waals surface area contributed by atoms with Crippen molar-refractivity contribution in [3.63, 3.8) is 0 Å². The molecule has 0 fully saturated rings. The number of rotatable bonds is 10. The van der Waals surface area contributed by atoms with Gasteiger partial charge in [0.05, 0.1) is 13.7 Å². The van der Waals surface area contributed by atoms with E-state index >= 15 is 0 Å². The molecule has 0 atom stereocenters. The third kappa shape index (κ3) is 6.64. The Balaban J connectivity index is 1.54. The maximum Gasteiger partial charge on any atom is 0.262 e. The fourth-order valence-corrected chi connectivity index (χ4v) is 2.85. The van der Waals surface area contributed by atoms with Crippen LogP contribution in [0.15, 0.2) is 66.7 Å². The van der Waals surface area contributed by atoms with Crippen molar-refractivity contribution in [3.05, 3.63) is 78.1 Å². The summed E-state index contributed by atoms with van der Waals surface area (Å²) in [6.07, 6.45) is 0. The van der Waals surface area contributed by atoms with E-state index in [2.05, 4.69) is 10.6 Å². The van der Waals surface area contributed by atoms with E-state index in [0.29, 0.717) is 30.3 Å². The fraction of sp³-hybridized carbons (Fsp3) is 0.208. The van der Waals surface area contributed by atoms with Crippen LogP contribution in [0, 0.1) is 5.82 Å². The molecule has 162 valence electrons. The van der Waals surface area contributed by atoms with Crippen LogP contribution in [0.5, 0.6) is 17.2 Å². The zero-order chi connectivity index (χ0) is 22.1. The van der Waals surface area contributed by atoms with Crippen LogP contribution in [0.1, 0.15) is 12.5 Å². The maximum atomic E-state index is 12.9. The number of hydrogen-bond acceptors (Lipinski definition) is 5. The summed E-state index contributed by atoms with van der Waals surface area (Å²) in [5.41, 5.74) is 2.46. The number of carbonyl (C=O) groups is 1. The smallest absolute Gasteiger partial charge is 0.262 e. The zero-order valence-electron chi connectivity index (χ0n) is 17.5. The minimum Gasteiger partial charge on any atom is -0.494 e. The van der Waals surface area contributed by atoms with E-state index < -0.39 is 0 Å².